The third-order valence-electron chi connectivity index (χ3n) is 1.85. The summed E-state index contributed by atoms with van der Waals surface area (Å²) in [5, 5.41) is 8.82. The fraction of sp³-hybridized carbons (Fsp3) is 0.875. The van der Waals surface area contributed by atoms with Crippen LogP contribution in [-0.4, -0.2) is 38.3 Å². The average molecular weight is 292 g/mol. The van der Waals surface area contributed by atoms with E-state index in [4.69, 9.17) is 5.11 Å². The van der Waals surface area contributed by atoms with Crippen molar-refractivity contribution in [2.45, 2.75) is 33.0 Å². The van der Waals surface area contributed by atoms with Gasteiger partial charge >= 0.3 is 12.1 Å². The molecule has 0 aromatic carbocycles. The minimum absolute atomic E-state index is 0.987. The highest BCUT2D eigenvalue weighted by atomic mass is 32.2. The molecule has 0 rings (SSSR count). The number of alkyl halides is 3. The van der Waals surface area contributed by atoms with E-state index in [1.807, 2.05) is 0 Å². The minimum atomic E-state index is -4.71. The third-order valence-corrected chi connectivity index (χ3v) is 2.92. The Kier molecular flexibility index (Phi) is 5.15. The monoisotopic (exact) mass is 292 g/mol. The van der Waals surface area contributed by atoms with Gasteiger partial charge in [0, 0.05) is 0 Å². The van der Waals surface area contributed by atoms with Gasteiger partial charge in [-0.1, -0.05) is 20.8 Å². The molecule has 10 heteroatoms. The molecule has 0 saturated carbocycles. The zero-order valence-electron chi connectivity index (χ0n) is 10.00. The normalized spacial score (nSPS) is 15.4. The lowest BCUT2D eigenvalue weighted by atomic mass is 9.88. The van der Waals surface area contributed by atoms with E-state index in [2.05, 4.69) is 0 Å². The molecular weight excluding hydrogens is 277 g/mol. The molecule has 0 heterocycles. The largest absolute Gasteiger partial charge is 0.480 e. The second-order valence-corrected chi connectivity index (χ2v) is 6.23. The molecule has 0 bridgehead atoms. The van der Waals surface area contributed by atoms with Crippen molar-refractivity contribution >= 4 is 16.2 Å². The van der Waals surface area contributed by atoms with Crippen molar-refractivity contribution in [2.24, 2.45) is 5.41 Å². The predicted molar refractivity (Wildman–Crippen MR) is 57.0 cm³/mol. The number of aliphatic carboxylic acids is 1. The number of hydrogen-bond acceptors (Lipinski definition) is 3. The van der Waals surface area contributed by atoms with E-state index in [1.165, 1.54) is 25.5 Å². The molecule has 0 saturated heterocycles. The summed E-state index contributed by atoms with van der Waals surface area (Å²) in [6.45, 7) is 2.56. The summed E-state index contributed by atoms with van der Waals surface area (Å²) in [6, 6.07) is -1.54. The Morgan fingerprint density at radius 2 is 1.72 bits per heavy atom. The fourth-order valence-electron chi connectivity index (χ4n) is 0.971. The van der Waals surface area contributed by atoms with Gasteiger partial charge in [0.1, 0.15) is 12.6 Å². The summed E-state index contributed by atoms with van der Waals surface area (Å²) in [7, 11) is -4.54. The Labute approximate surface area is 103 Å². The molecule has 0 aliphatic rings. The molecular formula is C8H15F3N2O4S. The molecule has 0 aliphatic heterocycles. The van der Waals surface area contributed by atoms with Gasteiger partial charge in [0.25, 0.3) is 10.2 Å². The molecule has 0 aromatic heterocycles. The Hall–Kier alpha value is -0.870. The Morgan fingerprint density at radius 3 is 2.00 bits per heavy atom. The van der Waals surface area contributed by atoms with Crippen LogP contribution in [-0.2, 0) is 15.0 Å². The smallest absolute Gasteiger partial charge is 0.402 e. The van der Waals surface area contributed by atoms with Crippen molar-refractivity contribution in [1.29, 1.82) is 0 Å². The van der Waals surface area contributed by atoms with Gasteiger partial charge in [-0.3, -0.25) is 4.79 Å². The van der Waals surface area contributed by atoms with E-state index in [1.54, 1.807) is 4.72 Å². The number of nitrogens with one attached hydrogen (secondary N) is 2. The lowest BCUT2D eigenvalue weighted by molar-refractivity contribution is -0.141. The van der Waals surface area contributed by atoms with Gasteiger partial charge in [0.15, 0.2) is 0 Å². The van der Waals surface area contributed by atoms with E-state index in [0.29, 0.717) is 0 Å². The molecule has 1 atom stereocenters. The van der Waals surface area contributed by atoms with Gasteiger partial charge < -0.3 is 5.11 Å². The average Bonchev–Trinajstić information content (AvgIpc) is 2.08. The topological polar surface area (TPSA) is 95.5 Å². The van der Waals surface area contributed by atoms with Crippen molar-refractivity contribution in [2.75, 3.05) is 6.54 Å². The first-order chi connectivity index (χ1) is 7.75. The van der Waals surface area contributed by atoms with Gasteiger partial charge in [-0.05, 0) is 5.41 Å². The Morgan fingerprint density at radius 1 is 1.28 bits per heavy atom. The lowest BCUT2D eigenvalue weighted by Crippen LogP contribution is -2.53. The van der Waals surface area contributed by atoms with Crippen molar-refractivity contribution in [3.63, 3.8) is 0 Å². The van der Waals surface area contributed by atoms with Crippen LogP contribution in [0.25, 0.3) is 0 Å². The molecule has 0 aromatic rings. The number of carboxylic acid groups (broad SMARTS) is 1. The second kappa shape index (κ2) is 5.41. The number of rotatable bonds is 5. The van der Waals surface area contributed by atoms with Crippen LogP contribution < -0.4 is 9.44 Å². The Balaban J connectivity index is 4.79. The van der Waals surface area contributed by atoms with Gasteiger partial charge in [0.05, 0.1) is 0 Å². The first-order valence-corrected chi connectivity index (χ1v) is 6.29. The maximum atomic E-state index is 11.8. The Bertz CT molecular complexity index is 400. The van der Waals surface area contributed by atoms with E-state index < -0.39 is 40.4 Å². The van der Waals surface area contributed by atoms with Crippen molar-refractivity contribution in [1.82, 2.24) is 9.44 Å². The molecule has 0 spiro atoms. The van der Waals surface area contributed by atoms with E-state index in [-0.39, 0.29) is 0 Å². The minimum Gasteiger partial charge on any atom is -0.480 e. The van der Waals surface area contributed by atoms with Gasteiger partial charge in [-0.25, -0.2) is 0 Å². The van der Waals surface area contributed by atoms with Crippen LogP contribution >= 0.6 is 0 Å². The summed E-state index contributed by atoms with van der Waals surface area (Å²) < 4.78 is 60.9. The molecule has 3 N–H and O–H groups in total. The molecule has 18 heavy (non-hydrogen) atoms. The summed E-state index contributed by atoms with van der Waals surface area (Å²) in [5.74, 6) is -1.47. The molecule has 6 nitrogen and oxygen atoms in total. The molecule has 0 fully saturated rings. The predicted octanol–water partition coefficient (Wildman–Crippen LogP) is 0.472. The van der Waals surface area contributed by atoms with Gasteiger partial charge in [0.2, 0.25) is 0 Å². The maximum absolute atomic E-state index is 11.8. The molecule has 0 radical (unpaired) electrons. The summed E-state index contributed by atoms with van der Waals surface area (Å²) >= 11 is 0. The fourth-order valence-corrected chi connectivity index (χ4v) is 2.17. The van der Waals surface area contributed by atoms with Crippen molar-refractivity contribution in [3.8, 4) is 0 Å². The summed E-state index contributed by atoms with van der Waals surface area (Å²) in [5.41, 5.74) is -0.987. The van der Waals surface area contributed by atoms with Crippen LogP contribution in [0, 0.1) is 5.41 Å². The lowest BCUT2D eigenvalue weighted by Gasteiger charge is -2.27. The van der Waals surface area contributed by atoms with Crippen LogP contribution in [0.2, 0.25) is 0 Å². The molecule has 108 valence electrons. The zero-order chi connectivity index (χ0) is 14.8. The van der Waals surface area contributed by atoms with E-state index in [9.17, 15) is 26.4 Å². The quantitative estimate of drug-likeness (QED) is 0.686. The van der Waals surface area contributed by atoms with Gasteiger partial charge in [-0.2, -0.15) is 31.0 Å². The van der Waals surface area contributed by atoms with Gasteiger partial charge in [-0.15, -0.1) is 0 Å². The molecule has 0 unspecified atom stereocenters. The number of hydrogen-bond donors (Lipinski definition) is 3. The van der Waals surface area contributed by atoms with Crippen LogP contribution in [0.3, 0.4) is 0 Å². The summed E-state index contributed by atoms with van der Waals surface area (Å²) in [6.07, 6.45) is -4.71. The first-order valence-electron chi connectivity index (χ1n) is 4.81. The highest BCUT2D eigenvalue weighted by Gasteiger charge is 2.36. The number of halogens is 3. The zero-order valence-corrected chi connectivity index (χ0v) is 10.8. The maximum Gasteiger partial charge on any atom is 0.402 e. The highest BCUT2D eigenvalue weighted by Crippen LogP contribution is 2.20. The third kappa shape index (κ3) is 6.77. The number of carbonyl (C=O) groups is 1. The van der Waals surface area contributed by atoms with E-state index >= 15 is 0 Å². The molecule has 0 aliphatic carbocycles. The SMILES string of the molecule is CC(C)(C)[C@H](NS(=O)(=O)NCC(F)(F)F)C(=O)O. The van der Waals surface area contributed by atoms with Crippen LogP contribution in [0.15, 0.2) is 0 Å². The van der Waals surface area contributed by atoms with E-state index in [0.717, 1.165) is 0 Å². The van der Waals surface area contributed by atoms with Crippen LogP contribution in [0.4, 0.5) is 13.2 Å². The van der Waals surface area contributed by atoms with Crippen molar-refractivity contribution < 1.29 is 31.5 Å². The first kappa shape index (κ1) is 17.1. The number of carboxylic acids is 1. The van der Waals surface area contributed by atoms with Crippen LogP contribution in [0.1, 0.15) is 20.8 Å². The van der Waals surface area contributed by atoms with Crippen LogP contribution in [0.5, 0.6) is 0 Å². The summed E-state index contributed by atoms with van der Waals surface area (Å²) in [4.78, 5) is 10.8. The molecule has 0 amide bonds. The second-order valence-electron chi connectivity index (χ2n) is 4.69. The highest BCUT2D eigenvalue weighted by molar-refractivity contribution is 7.87. The standard InChI is InChI=1S/C8H15F3N2O4S/c1-7(2,3)5(6(14)15)13-18(16,17)12-4-8(9,10)11/h5,12-13H,4H2,1-3H3,(H,14,15)/t5-/m1/s1. The van der Waals surface area contributed by atoms with Crippen molar-refractivity contribution in [3.05, 3.63) is 0 Å².